The molecule has 0 N–H and O–H groups in total. The first kappa shape index (κ1) is 19.6. The first-order valence-corrected chi connectivity index (χ1v) is 9.50. The summed E-state index contributed by atoms with van der Waals surface area (Å²) in [5.41, 5.74) is 3.33. The summed E-state index contributed by atoms with van der Waals surface area (Å²) in [7, 11) is 5.26. The van der Waals surface area contributed by atoms with Crippen molar-refractivity contribution in [3.05, 3.63) is 47.8 Å². The summed E-state index contributed by atoms with van der Waals surface area (Å²) in [6.07, 6.45) is 1.07. The van der Waals surface area contributed by atoms with Gasteiger partial charge in [0.05, 0.1) is 14.2 Å². The molecule has 0 bridgehead atoms. The first-order valence-electron chi connectivity index (χ1n) is 9.50. The summed E-state index contributed by atoms with van der Waals surface area (Å²) in [6, 6.07) is 11.8. The molecule has 4 nitrogen and oxygen atoms in total. The molecule has 0 saturated carbocycles. The van der Waals surface area contributed by atoms with Gasteiger partial charge >= 0.3 is 0 Å². The van der Waals surface area contributed by atoms with Crippen LogP contribution in [0.1, 0.15) is 24.9 Å². The summed E-state index contributed by atoms with van der Waals surface area (Å²) in [6.45, 7) is 6.02. The molecule has 0 aliphatic carbocycles. The van der Waals surface area contributed by atoms with E-state index in [0.29, 0.717) is 5.75 Å². The Morgan fingerprint density at radius 1 is 0.963 bits per heavy atom. The van der Waals surface area contributed by atoms with Crippen LogP contribution in [0.3, 0.4) is 0 Å². The van der Waals surface area contributed by atoms with E-state index in [2.05, 4.69) is 42.8 Å². The van der Waals surface area contributed by atoms with E-state index in [4.69, 9.17) is 9.47 Å². The molecule has 0 aromatic heterocycles. The molecule has 1 fully saturated rings. The fraction of sp³-hybridized carbons (Fsp3) is 0.429. The van der Waals surface area contributed by atoms with Crippen molar-refractivity contribution in [1.29, 1.82) is 0 Å². The van der Waals surface area contributed by atoms with Crippen LogP contribution in [0.25, 0.3) is 0 Å². The molecule has 1 aliphatic heterocycles. The maximum absolute atomic E-state index is 14.1. The lowest BCUT2D eigenvalue weighted by atomic mass is 9.94. The molecule has 1 heterocycles. The predicted octanol–water partition coefficient (Wildman–Crippen LogP) is 2.37. The van der Waals surface area contributed by atoms with E-state index in [1.54, 1.807) is 19.2 Å². The molecule has 1 saturated heterocycles. The van der Waals surface area contributed by atoms with Crippen molar-refractivity contribution >= 4 is 19.0 Å². The fourth-order valence-corrected chi connectivity index (χ4v) is 3.74. The molecule has 6 heteroatoms. The lowest BCUT2D eigenvalue weighted by Crippen LogP contribution is -2.32. The normalized spacial score (nSPS) is 16.7. The maximum atomic E-state index is 14.1. The Bertz CT molecular complexity index is 787. The Balaban J connectivity index is 1.70. The lowest BCUT2D eigenvalue weighted by molar-refractivity contribution is 0.225. The van der Waals surface area contributed by atoms with E-state index < -0.39 is 0 Å². The highest BCUT2D eigenvalue weighted by Crippen LogP contribution is 2.27. The summed E-state index contributed by atoms with van der Waals surface area (Å²) in [5.74, 6) is 0.919. The topological polar surface area (TPSA) is 24.9 Å². The smallest absolute Gasteiger partial charge is 0.165 e. The molecule has 144 valence electrons. The third-order valence-corrected chi connectivity index (χ3v) is 5.49. The van der Waals surface area contributed by atoms with E-state index in [-0.39, 0.29) is 11.9 Å². The summed E-state index contributed by atoms with van der Waals surface area (Å²) < 4.78 is 24.6. The number of anilines is 1. The van der Waals surface area contributed by atoms with Gasteiger partial charge in [0, 0.05) is 44.0 Å². The molecular formula is C21H28BFN2O2. The van der Waals surface area contributed by atoms with Crippen LogP contribution in [0, 0.1) is 5.82 Å². The average molecular weight is 370 g/mol. The van der Waals surface area contributed by atoms with E-state index >= 15 is 0 Å². The molecule has 1 aliphatic rings. The number of nitrogens with zero attached hydrogens (tertiary/aromatic N) is 2. The van der Waals surface area contributed by atoms with Crippen LogP contribution in [0.5, 0.6) is 11.5 Å². The van der Waals surface area contributed by atoms with Crippen molar-refractivity contribution in [2.75, 3.05) is 45.3 Å². The monoisotopic (exact) mass is 370 g/mol. The number of halogens is 1. The Kier molecular flexibility index (Phi) is 6.27. The highest BCUT2D eigenvalue weighted by atomic mass is 19.1. The molecular weight excluding hydrogens is 342 g/mol. The van der Waals surface area contributed by atoms with Crippen LogP contribution in [0.4, 0.5) is 10.1 Å². The second kappa shape index (κ2) is 8.66. The van der Waals surface area contributed by atoms with Crippen molar-refractivity contribution in [2.24, 2.45) is 0 Å². The van der Waals surface area contributed by atoms with Gasteiger partial charge in [-0.2, -0.15) is 0 Å². The lowest BCUT2D eigenvalue weighted by Gasteiger charge is -2.29. The highest BCUT2D eigenvalue weighted by molar-refractivity contribution is 6.34. The largest absolute Gasteiger partial charge is 0.497 e. The quantitative estimate of drug-likeness (QED) is 0.755. The van der Waals surface area contributed by atoms with Crippen LogP contribution >= 0.6 is 0 Å². The minimum atomic E-state index is -0.301. The molecule has 1 atom stereocenters. The van der Waals surface area contributed by atoms with E-state index in [1.807, 2.05) is 6.07 Å². The Morgan fingerprint density at radius 3 is 2.44 bits per heavy atom. The van der Waals surface area contributed by atoms with Crippen LogP contribution in [0.2, 0.25) is 0 Å². The number of rotatable bonds is 5. The van der Waals surface area contributed by atoms with E-state index in [9.17, 15) is 4.39 Å². The summed E-state index contributed by atoms with van der Waals surface area (Å²) in [4.78, 5) is 4.83. The maximum Gasteiger partial charge on any atom is 0.165 e. The van der Waals surface area contributed by atoms with Gasteiger partial charge in [-0.25, -0.2) is 4.39 Å². The van der Waals surface area contributed by atoms with Crippen molar-refractivity contribution in [3.8, 4) is 11.5 Å². The second-order valence-corrected chi connectivity index (χ2v) is 7.10. The third-order valence-electron chi connectivity index (χ3n) is 5.49. The van der Waals surface area contributed by atoms with Gasteiger partial charge in [-0.05, 0) is 42.6 Å². The Morgan fingerprint density at radius 2 is 1.74 bits per heavy atom. The van der Waals surface area contributed by atoms with Gasteiger partial charge in [-0.3, -0.25) is 4.90 Å². The molecule has 3 rings (SSSR count). The van der Waals surface area contributed by atoms with Gasteiger partial charge in [0.15, 0.2) is 11.6 Å². The number of ether oxygens (including phenoxy) is 2. The van der Waals surface area contributed by atoms with Crippen molar-refractivity contribution < 1.29 is 13.9 Å². The SMILES string of the molecule is Bc1ccc(N2CCCN(C(C)c3ccc(OC)c(F)c3)CC2)cc1OC. The van der Waals surface area contributed by atoms with Gasteiger partial charge in [0.2, 0.25) is 0 Å². The average Bonchev–Trinajstić information content (AvgIpc) is 2.94. The standard InChI is InChI=1S/C21H28BFN2O2/c1-15(16-5-8-20(26-2)19(23)13-16)24-9-4-10-25(12-11-24)17-6-7-18(22)21(14-17)27-3/h5-8,13-15H,4,9-12,22H2,1-3H3. The number of hydrogen-bond donors (Lipinski definition) is 0. The van der Waals surface area contributed by atoms with Gasteiger partial charge in [0.1, 0.15) is 13.6 Å². The van der Waals surface area contributed by atoms with Crippen molar-refractivity contribution in [3.63, 3.8) is 0 Å². The molecule has 2 aromatic carbocycles. The van der Waals surface area contributed by atoms with E-state index in [0.717, 1.165) is 49.4 Å². The van der Waals surface area contributed by atoms with Gasteiger partial charge in [-0.15, -0.1) is 0 Å². The number of hydrogen-bond acceptors (Lipinski definition) is 4. The molecule has 1 unspecified atom stereocenters. The Labute approximate surface area is 162 Å². The first-order chi connectivity index (χ1) is 13.0. The predicted molar refractivity (Wildman–Crippen MR) is 111 cm³/mol. The molecule has 2 aromatic rings. The van der Waals surface area contributed by atoms with Crippen LogP contribution < -0.4 is 19.8 Å². The van der Waals surface area contributed by atoms with Crippen molar-refractivity contribution in [2.45, 2.75) is 19.4 Å². The molecule has 0 amide bonds. The number of benzene rings is 2. The molecule has 27 heavy (non-hydrogen) atoms. The molecule has 0 spiro atoms. The minimum absolute atomic E-state index is 0.165. The number of methoxy groups -OCH3 is 2. The fourth-order valence-electron chi connectivity index (χ4n) is 3.74. The second-order valence-electron chi connectivity index (χ2n) is 7.10. The minimum Gasteiger partial charge on any atom is -0.497 e. The van der Waals surface area contributed by atoms with Gasteiger partial charge in [-0.1, -0.05) is 12.1 Å². The van der Waals surface area contributed by atoms with Crippen LogP contribution in [-0.4, -0.2) is 53.1 Å². The summed E-state index contributed by atoms with van der Waals surface area (Å²) in [5, 5.41) is 0. The zero-order valence-corrected chi connectivity index (χ0v) is 16.7. The van der Waals surface area contributed by atoms with Crippen molar-refractivity contribution in [1.82, 2.24) is 4.90 Å². The zero-order chi connectivity index (χ0) is 19.4. The zero-order valence-electron chi connectivity index (χ0n) is 16.7. The van der Waals surface area contributed by atoms with Gasteiger partial charge in [0.25, 0.3) is 0 Å². The third kappa shape index (κ3) is 4.38. The van der Waals surface area contributed by atoms with Gasteiger partial charge < -0.3 is 14.4 Å². The Hall–Kier alpha value is -2.21. The van der Waals surface area contributed by atoms with Crippen LogP contribution in [-0.2, 0) is 0 Å². The molecule has 0 radical (unpaired) electrons. The van der Waals surface area contributed by atoms with E-state index in [1.165, 1.54) is 12.8 Å². The highest BCUT2D eigenvalue weighted by Gasteiger charge is 2.21. The summed E-state index contributed by atoms with van der Waals surface area (Å²) >= 11 is 0. The van der Waals surface area contributed by atoms with Crippen LogP contribution in [0.15, 0.2) is 36.4 Å².